The lowest BCUT2D eigenvalue weighted by Crippen LogP contribution is -2.13. The van der Waals surface area contributed by atoms with Crippen molar-refractivity contribution in [1.82, 2.24) is 0 Å². The van der Waals surface area contributed by atoms with Crippen molar-refractivity contribution in [3.63, 3.8) is 0 Å². The Kier molecular flexibility index (Phi) is 6.82. The van der Waals surface area contributed by atoms with E-state index in [4.69, 9.17) is 0 Å². The van der Waals surface area contributed by atoms with Crippen molar-refractivity contribution in [2.75, 3.05) is 0 Å². The molecule has 1 aliphatic carbocycles. The highest BCUT2D eigenvalue weighted by molar-refractivity contribution is 7.85. The largest absolute Gasteiger partial charge is 0.744 e. The lowest BCUT2D eigenvalue weighted by atomic mass is 9.78. The molecule has 0 atom stereocenters. The number of ketones is 1. The van der Waals surface area contributed by atoms with Crippen molar-refractivity contribution in [3.8, 4) is 5.75 Å². The summed E-state index contributed by atoms with van der Waals surface area (Å²) in [6.45, 7) is 11.4. The van der Waals surface area contributed by atoms with Crippen LogP contribution in [-0.4, -0.2) is 23.9 Å². The summed E-state index contributed by atoms with van der Waals surface area (Å²) in [7, 11) is -4.78. The first-order valence-corrected chi connectivity index (χ1v) is 12.3. The molecule has 33 heavy (non-hydrogen) atoms. The van der Waals surface area contributed by atoms with Crippen LogP contribution in [0.4, 0.5) is 0 Å². The quantitative estimate of drug-likeness (QED) is 0.577. The molecular weight excluding hydrogens is 436 g/mol. The molecule has 0 aromatic heterocycles. The van der Waals surface area contributed by atoms with Gasteiger partial charge in [0.15, 0.2) is 5.78 Å². The molecule has 1 aliphatic rings. The summed E-state index contributed by atoms with van der Waals surface area (Å²) in [5.41, 5.74) is 4.97. The molecular formula is C27H29O5S-. The topological polar surface area (TPSA) is 94.5 Å². The zero-order chi connectivity index (χ0) is 24.7. The molecule has 0 heterocycles. The van der Waals surface area contributed by atoms with Gasteiger partial charge in [-0.3, -0.25) is 4.79 Å². The van der Waals surface area contributed by atoms with E-state index in [-0.39, 0.29) is 33.8 Å². The predicted molar refractivity (Wildman–Crippen MR) is 129 cm³/mol. The average molecular weight is 466 g/mol. The second kappa shape index (κ2) is 9.12. The molecule has 0 saturated carbocycles. The van der Waals surface area contributed by atoms with Crippen LogP contribution in [0.5, 0.6) is 5.75 Å². The lowest BCUT2D eigenvalue weighted by Gasteiger charge is -2.26. The summed E-state index contributed by atoms with van der Waals surface area (Å²) in [6, 6.07) is 9.65. The maximum Gasteiger partial charge on any atom is 0.181 e. The van der Waals surface area contributed by atoms with Crippen molar-refractivity contribution in [2.24, 2.45) is 5.92 Å². The van der Waals surface area contributed by atoms with Crippen LogP contribution in [-0.2, 0) is 14.9 Å². The first-order valence-electron chi connectivity index (χ1n) is 10.9. The fourth-order valence-electron chi connectivity index (χ4n) is 4.13. The van der Waals surface area contributed by atoms with Crippen LogP contribution in [0.25, 0.3) is 5.57 Å². The summed E-state index contributed by atoms with van der Waals surface area (Å²) in [4.78, 5) is 12.2. The van der Waals surface area contributed by atoms with E-state index in [9.17, 15) is 22.9 Å². The Morgan fingerprint density at radius 3 is 2.15 bits per heavy atom. The maximum atomic E-state index is 12.5. The number of hydrogen-bond donors (Lipinski definition) is 1. The summed E-state index contributed by atoms with van der Waals surface area (Å²) in [5.74, 6) is 0.0131. The van der Waals surface area contributed by atoms with E-state index >= 15 is 0 Å². The summed E-state index contributed by atoms with van der Waals surface area (Å²) in [5, 5.41) is 10.4. The minimum atomic E-state index is -4.78. The first-order chi connectivity index (χ1) is 15.3. The summed E-state index contributed by atoms with van der Waals surface area (Å²) in [6.07, 6.45) is 3.36. The molecule has 2 aromatic carbocycles. The van der Waals surface area contributed by atoms with Crippen molar-refractivity contribution < 1.29 is 22.9 Å². The van der Waals surface area contributed by atoms with Gasteiger partial charge in [0.2, 0.25) is 0 Å². The van der Waals surface area contributed by atoms with Gasteiger partial charge in [-0.05, 0) is 95.0 Å². The zero-order valence-electron chi connectivity index (χ0n) is 19.8. The van der Waals surface area contributed by atoms with Crippen molar-refractivity contribution in [1.29, 1.82) is 0 Å². The second-order valence-electron chi connectivity index (χ2n) is 9.07. The van der Waals surface area contributed by atoms with Gasteiger partial charge in [-0.25, -0.2) is 8.42 Å². The summed E-state index contributed by atoms with van der Waals surface area (Å²) >= 11 is 0. The van der Waals surface area contributed by atoms with E-state index in [0.29, 0.717) is 22.3 Å². The van der Waals surface area contributed by atoms with Gasteiger partial charge in [0.25, 0.3) is 0 Å². The first kappa shape index (κ1) is 24.7. The van der Waals surface area contributed by atoms with E-state index < -0.39 is 10.1 Å². The Hall–Kier alpha value is -2.96. The fraction of sp³-hybridized carbons (Fsp3) is 0.296. The molecule has 174 valence electrons. The number of carbonyl (C=O) groups excluding carboxylic acids is 1. The van der Waals surface area contributed by atoms with Gasteiger partial charge < -0.3 is 9.66 Å². The number of phenolic OH excluding ortho intramolecular Hbond substituents is 1. The second-order valence-corrected chi connectivity index (χ2v) is 10.4. The smallest absolute Gasteiger partial charge is 0.181 e. The molecule has 0 spiro atoms. The highest BCUT2D eigenvalue weighted by Crippen LogP contribution is 2.42. The molecule has 2 aromatic rings. The van der Waals surface area contributed by atoms with Gasteiger partial charge >= 0.3 is 0 Å². The number of aromatic hydroxyl groups is 1. The monoisotopic (exact) mass is 465 g/mol. The minimum Gasteiger partial charge on any atom is -0.744 e. The van der Waals surface area contributed by atoms with E-state index in [1.54, 1.807) is 44.2 Å². The van der Waals surface area contributed by atoms with Gasteiger partial charge in [-0.1, -0.05) is 45.9 Å². The third kappa shape index (κ3) is 4.87. The molecule has 0 bridgehead atoms. The Bertz CT molecular complexity index is 1320. The number of hydrogen-bond acceptors (Lipinski definition) is 5. The summed E-state index contributed by atoms with van der Waals surface area (Å²) < 4.78 is 36.7. The Labute approximate surface area is 195 Å². The number of rotatable bonds is 5. The van der Waals surface area contributed by atoms with E-state index in [1.807, 2.05) is 33.8 Å². The van der Waals surface area contributed by atoms with Crippen molar-refractivity contribution >= 4 is 21.5 Å². The van der Waals surface area contributed by atoms with Gasteiger partial charge in [-0.2, -0.15) is 0 Å². The third-order valence-electron chi connectivity index (χ3n) is 5.92. The van der Waals surface area contributed by atoms with Gasteiger partial charge in [0, 0.05) is 5.56 Å². The molecule has 0 saturated heterocycles. The molecule has 0 aliphatic heterocycles. The average Bonchev–Trinajstić information content (AvgIpc) is 2.72. The van der Waals surface area contributed by atoms with Crippen LogP contribution in [0.15, 0.2) is 70.2 Å². The molecule has 0 radical (unpaired) electrons. The van der Waals surface area contributed by atoms with Gasteiger partial charge in [0.05, 0.1) is 4.90 Å². The highest BCUT2D eigenvalue weighted by atomic mass is 32.2. The maximum absolute atomic E-state index is 12.5. The SMILES string of the molecule is CC1=CC(=C(c2cc(C)c(O)cc2C(C)C)c2ccccc2S(=O)(=O)[O-])C(C(C)C)=CC1=O. The van der Waals surface area contributed by atoms with Gasteiger partial charge in [-0.15, -0.1) is 0 Å². The van der Waals surface area contributed by atoms with E-state index in [2.05, 4.69) is 0 Å². The molecule has 1 N–H and O–H groups in total. The van der Waals surface area contributed by atoms with E-state index in [1.165, 1.54) is 12.1 Å². The predicted octanol–water partition coefficient (Wildman–Crippen LogP) is 5.64. The Morgan fingerprint density at radius 2 is 1.58 bits per heavy atom. The van der Waals surface area contributed by atoms with E-state index in [0.717, 1.165) is 16.7 Å². The van der Waals surface area contributed by atoms with Crippen LogP contribution in [0.1, 0.15) is 62.8 Å². The molecule has 5 nitrogen and oxygen atoms in total. The van der Waals surface area contributed by atoms with Crippen LogP contribution in [0.3, 0.4) is 0 Å². The lowest BCUT2D eigenvalue weighted by molar-refractivity contribution is -0.111. The molecule has 0 amide bonds. The molecule has 0 fully saturated rings. The number of aryl methyl sites for hydroxylation is 1. The minimum absolute atomic E-state index is 0.0000930. The molecule has 6 heteroatoms. The van der Waals surface area contributed by atoms with Crippen molar-refractivity contribution in [3.05, 3.63) is 87.5 Å². The third-order valence-corrected chi connectivity index (χ3v) is 6.82. The highest BCUT2D eigenvalue weighted by Gasteiger charge is 2.26. The normalized spacial score (nSPS) is 16.2. The Balaban J connectivity index is 2.60. The molecule has 3 rings (SSSR count). The molecule has 0 unspecified atom stereocenters. The van der Waals surface area contributed by atoms with Crippen LogP contribution >= 0.6 is 0 Å². The number of allylic oxidation sites excluding steroid dienone is 5. The number of benzene rings is 2. The fourth-order valence-corrected chi connectivity index (χ4v) is 4.82. The Morgan fingerprint density at radius 1 is 0.939 bits per heavy atom. The van der Waals surface area contributed by atoms with Crippen LogP contribution < -0.4 is 0 Å². The number of phenols is 1. The zero-order valence-corrected chi connectivity index (χ0v) is 20.6. The van der Waals surface area contributed by atoms with Crippen LogP contribution in [0.2, 0.25) is 0 Å². The standard InChI is InChI=1S/C27H30O5S/c1-15(2)20-13-24(28)17(5)11-22(20)27(19-9-7-8-10-26(19)33(30,31)32)23-12-18(6)25(29)14-21(23)16(3)4/h7-16,28H,1-6H3,(H,30,31,32)/p-1. The number of carbonyl (C=O) groups is 1. The van der Waals surface area contributed by atoms with Gasteiger partial charge in [0.1, 0.15) is 15.9 Å². The van der Waals surface area contributed by atoms with Crippen LogP contribution in [0, 0.1) is 12.8 Å². The van der Waals surface area contributed by atoms with Crippen molar-refractivity contribution in [2.45, 2.75) is 52.4 Å².